The standard InChI is InChI=1S/C23H21N3O3/c1-15-11-16(2)23-18(12-15)19(25-29-23)13-22(28)26(14-17-7-5-6-10-24-17)20-8-3-4-9-21(20)27/h3-12,27H,13-14H2,1-2H3. The maximum Gasteiger partial charge on any atom is 0.233 e. The van der Waals surface area contributed by atoms with Crippen molar-refractivity contribution in [2.45, 2.75) is 26.8 Å². The number of fused-ring (bicyclic) bond motifs is 1. The normalized spacial score (nSPS) is 11.0. The summed E-state index contributed by atoms with van der Waals surface area (Å²) in [6.45, 7) is 4.20. The first-order valence-electron chi connectivity index (χ1n) is 9.36. The van der Waals surface area contributed by atoms with Crippen molar-refractivity contribution < 1.29 is 14.4 Å². The highest BCUT2D eigenvalue weighted by Crippen LogP contribution is 2.29. The number of aromatic hydroxyl groups is 1. The summed E-state index contributed by atoms with van der Waals surface area (Å²) < 4.78 is 5.48. The summed E-state index contributed by atoms with van der Waals surface area (Å²) in [5.74, 6) is -0.167. The molecule has 146 valence electrons. The predicted molar refractivity (Wildman–Crippen MR) is 111 cm³/mol. The van der Waals surface area contributed by atoms with E-state index >= 15 is 0 Å². The van der Waals surface area contributed by atoms with Crippen LogP contribution in [0.2, 0.25) is 0 Å². The minimum Gasteiger partial charge on any atom is -0.506 e. The number of benzene rings is 2. The lowest BCUT2D eigenvalue weighted by Gasteiger charge is -2.23. The molecule has 0 radical (unpaired) electrons. The number of aryl methyl sites for hydroxylation is 2. The minimum absolute atomic E-state index is 0.0356. The lowest BCUT2D eigenvalue weighted by molar-refractivity contribution is -0.118. The van der Waals surface area contributed by atoms with Crippen LogP contribution in [0.15, 0.2) is 65.3 Å². The van der Waals surface area contributed by atoms with Gasteiger partial charge in [-0.25, -0.2) is 0 Å². The van der Waals surface area contributed by atoms with Crippen molar-refractivity contribution in [3.63, 3.8) is 0 Å². The van der Waals surface area contributed by atoms with E-state index in [1.54, 1.807) is 30.5 Å². The predicted octanol–water partition coefficient (Wildman–Crippen LogP) is 4.32. The number of rotatable bonds is 5. The molecule has 0 saturated carbocycles. The van der Waals surface area contributed by atoms with Crippen LogP contribution in [0, 0.1) is 13.8 Å². The van der Waals surface area contributed by atoms with E-state index in [1.807, 2.05) is 44.2 Å². The zero-order valence-corrected chi connectivity index (χ0v) is 16.3. The first-order chi connectivity index (χ1) is 14.0. The Morgan fingerprint density at radius 1 is 1.10 bits per heavy atom. The molecule has 0 aliphatic rings. The van der Waals surface area contributed by atoms with Gasteiger partial charge in [0.15, 0.2) is 5.58 Å². The fourth-order valence-electron chi connectivity index (χ4n) is 3.46. The summed E-state index contributed by atoms with van der Waals surface area (Å²) in [7, 11) is 0. The molecule has 0 spiro atoms. The number of pyridine rings is 1. The monoisotopic (exact) mass is 387 g/mol. The number of amides is 1. The van der Waals surface area contributed by atoms with Crippen molar-refractivity contribution in [3.8, 4) is 5.75 Å². The Morgan fingerprint density at radius 3 is 2.66 bits per heavy atom. The Hall–Kier alpha value is -3.67. The van der Waals surface area contributed by atoms with E-state index in [9.17, 15) is 9.90 Å². The molecule has 0 fully saturated rings. The molecule has 4 rings (SSSR count). The molecule has 2 heterocycles. The Bertz CT molecular complexity index is 1170. The summed E-state index contributed by atoms with van der Waals surface area (Å²) in [4.78, 5) is 19.1. The van der Waals surface area contributed by atoms with Crippen molar-refractivity contribution in [1.82, 2.24) is 10.1 Å². The van der Waals surface area contributed by atoms with Crippen LogP contribution in [0.25, 0.3) is 11.0 Å². The van der Waals surface area contributed by atoms with Gasteiger partial charge in [-0.2, -0.15) is 0 Å². The van der Waals surface area contributed by atoms with Gasteiger partial charge in [0.2, 0.25) is 5.91 Å². The van der Waals surface area contributed by atoms with Crippen molar-refractivity contribution in [2.24, 2.45) is 0 Å². The number of carbonyl (C=O) groups excluding carboxylic acids is 1. The van der Waals surface area contributed by atoms with E-state index in [2.05, 4.69) is 10.1 Å². The number of nitrogens with zero attached hydrogens (tertiary/aromatic N) is 3. The zero-order valence-electron chi connectivity index (χ0n) is 16.3. The van der Waals surface area contributed by atoms with Crippen LogP contribution in [0.3, 0.4) is 0 Å². The number of phenols is 1. The topological polar surface area (TPSA) is 79.5 Å². The molecule has 0 aliphatic carbocycles. The Morgan fingerprint density at radius 2 is 1.90 bits per heavy atom. The average molecular weight is 387 g/mol. The largest absolute Gasteiger partial charge is 0.506 e. The SMILES string of the molecule is Cc1cc(C)c2onc(CC(=O)N(Cc3ccccn3)c3ccccc3O)c2c1. The molecule has 0 atom stereocenters. The second kappa shape index (κ2) is 7.75. The number of hydrogen-bond acceptors (Lipinski definition) is 5. The van der Waals surface area contributed by atoms with E-state index < -0.39 is 0 Å². The Balaban J connectivity index is 1.69. The summed E-state index contributed by atoms with van der Waals surface area (Å²) in [6, 6.07) is 16.3. The molecule has 0 unspecified atom stereocenters. The molecule has 0 saturated heterocycles. The smallest absolute Gasteiger partial charge is 0.233 e. The number of phenolic OH excluding ortho intramolecular Hbond substituents is 1. The summed E-state index contributed by atoms with van der Waals surface area (Å²) in [6.07, 6.45) is 1.73. The lowest BCUT2D eigenvalue weighted by atomic mass is 10.1. The maximum absolute atomic E-state index is 13.3. The molecule has 2 aromatic carbocycles. The van der Waals surface area contributed by atoms with Gasteiger partial charge in [0.25, 0.3) is 0 Å². The molecular weight excluding hydrogens is 366 g/mol. The highest BCUT2D eigenvalue weighted by atomic mass is 16.5. The molecule has 0 aliphatic heterocycles. The third-order valence-electron chi connectivity index (χ3n) is 4.82. The first-order valence-corrected chi connectivity index (χ1v) is 9.36. The van der Waals surface area contributed by atoms with Gasteiger partial charge in [0.05, 0.1) is 24.3 Å². The lowest BCUT2D eigenvalue weighted by Crippen LogP contribution is -2.32. The molecule has 6 heteroatoms. The average Bonchev–Trinajstić information content (AvgIpc) is 3.10. The molecular formula is C23H21N3O3. The molecule has 6 nitrogen and oxygen atoms in total. The van der Waals surface area contributed by atoms with E-state index in [0.29, 0.717) is 17.0 Å². The number of carbonyl (C=O) groups is 1. The van der Waals surface area contributed by atoms with Gasteiger partial charge in [-0.15, -0.1) is 0 Å². The molecule has 29 heavy (non-hydrogen) atoms. The van der Waals surface area contributed by atoms with Crippen LogP contribution in [0.4, 0.5) is 5.69 Å². The van der Waals surface area contributed by atoms with E-state index in [1.165, 1.54) is 4.90 Å². The van der Waals surface area contributed by atoms with Crippen LogP contribution in [-0.4, -0.2) is 21.2 Å². The fraction of sp³-hybridized carbons (Fsp3) is 0.174. The van der Waals surface area contributed by atoms with E-state index in [0.717, 1.165) is 22.2 Å². The summed E-state index contributed by atoms with van der Waals surface area (Å²) >= 11 is 0. The number of hydrogen-bond donors (Lipinski definition) is 1. The Kier molecular flexibility index (Phi) is 4.99. The van der Waals surface area contributed by atoms with Gasteiger partial charge in [0.1, 0.15) is 11.4 Å². The van der Waals surface area contributed by atoms with Gasteiger partial charge >= 0.3 is 0 Å². The second-order valence-electron chi connectivity index (χ2n) is 7.05. The number of aromatic nitrogens is 2. The minimum atomic E-state index is -0.202. The van der Waals surface area contributed by atoms with Crippen LogP contribution in [0.5, 0.6) is 5.75 Å². The summed E-state index contributed by atoms with van der Waals surface area (Å²) in [5, 5.41) is 15.3. The molecule has 4 aromatic rings. The molecule has 0 bridgehead atoms. The summed E-state index contributed by atoms with van der Waals surface area (Å²) in [5.41, 5.74) is 4.50. The van der Waals surface area contributed by atoms with Gasteiger partial charge < -0.3 is 14.5 Å². The van der Waals surface area contributed by atoms with Crippen molar-refractivity contribution >= 4 is 22.6 Å². The highest BCUT2D eigenvalue weighted by Gasteiger charge is 2.23. The number of anilines is 1. The zero-order chi connectivity index (χ0) is 20.4. The third kappa shape index (κ3) is 3.82. The van der Waals surface area contributed by atoms with E-state index in [4.69, 9.17) is 4.52 Å². The van der Waals surface area contributed by atoms with E-state index in [-0.39, 0.29) is 24.6 Å². The molecule has 1 amide bonds. The molecule has 2 aromatic heterocycles. The van der Waals surface area contributed by atoms with Crippen LogP contribution in [0.1, 0.15) is 22.5 Å². The quantitative estimate of drug-likeness (QED) is 0.552. The highest BCUT2D eigenvalue weighted by molar-refractivity contribution is 5.98. The van der Waals surface area contributed by atoms with Gasteiger partial charge in [-0.05, 0) is 55.3 Å². The van der Waals surface area contributed by atoms with Crippen molar-refractivity contribution in [1.29, 1.82) is 0 Å². The van der Waals surface area contributed by atoms with Crippen molar-refractivity contribution in [3.05, 3.63) is 83.3 Å². The van der Waals surface area contributed by atoms with Gasteiger partial charge in [0, 0.05) is 11.6 Å². The fourth-order valence-corrected chi connectivity index (χ4v) is 3.46. The number of para-hydroxylation sites is 2. The maximum atomic E-state index is 13.3. The third-order valence-corrected chi connectivity index (χ3v) is 4.82. The van der Waals surface area contributed by atoms with Crippen LogP contribution in [-0.2, 0) is 17.8 Å². The van der Waals surface area contributed by atoms with Crippen molar-refractivity contribution in [2.75, 3.05) is 4.90 Å². The first kappa shape index (κ1) is 18.7. The van der Waals surface area contributed by atoms with Gasteiger partial charge in [-0.1, -0.05) is 29.4 Å². The van der Waals surface area contributed by atoms with Crippen LogP contribution < -0.4 is 4.90 Å². The van der Waals surface area contributed by atoms with Gasteiger partial charge in [-0.3, -0.25) is 9.78 Å². The molecule has 1 N–H and O–H groups in total. The Labute approximate surface area is 168 Å². The second-order valence-corrected chi connectivity index (χ2v) is 7.05. The van der Waals surface area contributed by atoms with Crippen LogP contribution >= 0.6 is 0 Å².